The molecule has 2 heteroatoms. The molecule has 0 aromatic heterocycles. The van der Waals surface area contributed by atoms with Crippen LogP contribution in [-0.2, 0) is 0 Å². The Balaban J connectivity index is 0.000000307. The van der Waals surface area contributed by atoms with Gasteiger partial charge in [-0.05, 0) is 53.1 Å². The van der Waals surface area contributed by atoms with Crippen molar-refractivity contribution in [3.05, 3.63) is 48.5 Å². The van der Waals surface area contributed by atoms with Gasteiger partial charge < -0.3 is 9.80 Å². The number of hydrogen-bond donors (Lipinski definition) is 0. The van der Waals surface area contributed by atoms with E-state index in [9.17, 15) is 0 Å². The van der Waals surface area contributed by atoms with E-state index in [4.69, 9.17) is 0 Å². The van der Waals surface area contributed by atoms with Gasteiger partial charge >= 0.3 is 0 Å². The second kappa shape index (κ2) is 9.63. The van der Waals surface area contributed by atoms with Crippen LogP contribution in [0.2, 0.25) is 0 Å². The van der Waals surface area contributed by atoms with Gasteiger partial charge in [0.05, 0.1) is 0 Å². The zero-order valence-electron chi connectivity index (χ0n) is 12.5. The van der Waals surface area contributed by atoms with Crippen LogP contribution >= 0.6 is 0 Å². The molecule has 2 aromatic rings. The van der Waals surface area contributed by atoms with Crippen LogP contribution < -0.4 is 0 Å². The van der Waals surface area contributed by atoms with Crippen LogP contribution in [0.25, 0.3) is 10.8 Å². The molecule has 0 amide bonds. The Morgan fingerprint density at radius 3 is 0.833 bits per heavy atom. The van der Waals surface area contributed by atoms with Crippen LogP contribution in [0.3, 0.4) is 0 Å². The summed E-state index contributed by atoms with van der Waals surface area (Å²) >= 11 is 0. The smallest absolute Gasteiger partial charge is 0.0140 e. The van der Waals surface area contributed by atoms with Crippen molar-refractivity contribution in [2.24, 2.45) is 0 Å². The number of benzene rings is 2. The Morgan fingerprint density at radius 1 is 0.500 bits per heavy atom. The molecule has 0 spiro atoms. The molecule has 0 N–H and O–H groups in total. The maximum Gasteiger partial charge on any atom is -0.0140 e. The van der Waals surface area contributed by atoms with Gasteiger partial charge in [-0.2, -0.15) is 0 Å². The summed E-state index contributed by atoms with van der Waals surface area (Å²) in [6.07, 6.45) is 0. The lowest BCUT2D eigenvalue weighted by molar-refractivity contribution is 0.505. The van der Waals surface area contributed by atoms with Crippen molar-refractivity contribution in [2.75, 3.05) is 42.3 Å². The van der Waals surface area contributed by atoms with Crippen LogP contribution in [0.1, 0.15) is 0 Å². The summed E-state index contributed by atoms with van der Waals surface area (Å²) in [4.78, 5) is 4.00. The molecule has 0 aliphatic carbocycles. The van der Waals surface area contributed by atoms with Crippen LogP contribution in [0.5, 0.6) is 0 Å². The Morgan fingerprint density at radius 2 is 0.667 bits per heavy atom. The highest BCUT2D eigenvalue weighted by Gasteiger charge is 1.85. The summed E-state index contributed by atoms with van der Waals surface area (Å²) in [7, 11) is 12.0. The lowest BCUT2D eigenvalue weighted by atomic mass is 10.1. The number of hydrogen-bond acceptors (Lipinski definition) is 2. The van der Waals surface area contributed by atoms with Gasteiger partial charge in [-0.1, -0.05) is 48.5 Å². The monoisotopic (exact) mass is 246 g/mol. The summed E-state index contributed by atoms with van der Waals surface area (Å²) in [6, 6.07) is 16.7. The van der Waals surface area contributed by atoms with Crippen LogP contribution in [0.15, 0.2) is 48.5 Å². The largest absolute Gasteiger partial charge is 0.312 e. The third kappa shape index (κ3) is 9.82. The minimum Gasteiger partial charge on any atom is -0.312 e. The Kier molecular flexibility index (Phi) is 8.89. The van der Waals surface area contributed by atoms with Crippen molar-refractivity contribution in [2.45, 2.75) is 0 Å². The molecule has 100 valence electrons. The van der Waals surface area contributed by atoms with E-state index in [-0.39, 0.29) is 0 Å². The van der Waals surface area contributed by atoms with Crippen LogP contribution in [0, 0.1) is 0 Å². The lowest BCUT2D eigenvalue weighted by Gasteiger charge is -1.92. The van der Waals surface area contributed by atoms with Gasteiger partial charge in [0, 0.05) is 0 Å². The van der Waals surface area contributed by atoms with Crippen molar-refractivity contribution >= 4 is 10.8 Å². The third-order valence-electron chi connectivity index (χ3n) is 1.66. The molecule has 0 saturated carbocycles. The van der Waals surface area contributed by atoms with Gasteiger partial charge in [-0.15, -0.1) is 0 Å². The van der Waals surface area contributed by atoms with Crippen molar-refractivity contribution in [1.82, 2.24) is 9.80 Å². The fraction of sp³-hybridized carbons (Fsp3) is 0.375. The summed E-state index contributed by atoms with van der Waals surface area (Å²) in [6.45, 7) is 0. The van der Waals surface area contributed by atoms with Crippen LogP contribution in [-0.4, -0.2) is 52.1 Å². The molecular formula is C16H26N2. The van der Waals surface area contributed by atoms with Gasteiger partial charge in [-0.25, -0.2) is 0 Å². The molecule has 2 nitrogen and oxygen atoms in total. The molecule has 2 rings (SSSR count). The molecule has 0 heterocycles. The van der Waals surface area contributed by atoms with E-state index in [1.54, 1.807) is 0 Å². The molecule has 0 radical (unpaired) electrons. The lowest BCUT2D eigenvalue weighted by Crippen LogP contribution is -1.99. The molecule has 18 heavy (non-hydrogen) atoms. The summed E-state index contributed by atoms with van der Waals surface area (Å²) in [5.74, 6) is 0. The predicted molar refractivity (Wildman–Crippen MR) is 83.2 cm³/mol. The number of fused-ring (bicyclic) bond motifs is 1. The molecule has 0 bridgehead atoms. The fourth-order valence-electron chi connectivity index (χ4n) is 1.13. The second-order valence-electron chi connectivity index (χ2n) is 5.03. The van der Waals surface area contributed by atoms with E-state index in [0.29, 0.717) is 0 Å². The average molecular weight is 246 g/mol. The van der Waals surface area contributed by atoms with Crippen molar-refractivity contribution in [1.29, 1.82) is 0 Å². The van der Waals surface area contributed by atoms with Gasteiger partial charge in [0.2, 0.25) is 0 Å². The van der Waals surface area contributed by atoms with Gasteiger partial charge in [0.1, 0.15) is 0 Å². The topological polar surface area (TPSA) is 6.48 Å². The SMILES string of the molecule is CN(C)C.CN(C)C.c1ccc2ccccc2c1. The maximum atomic E-state index is 2.12. The molecule has 0 aliphatic rings. The van der Waals surface area contributed by atoms with Crippen molar-refractivity contribution in [3.63, 3.8) is 0 Å². The molecule has 0 atom stereocenters. The normalized spacial score (nSPS) is 9.56. The second-order valence-corrected chi connectivity index (χ2v) is 5.03. The quantitative estimate of drug-likeness (QED) is 0.704. The summed E-state index contributed by atoms with van der Waals surface area (Å²) < 4.78 is 0. The zero-order chi connectivity index (χ0) is 14.0. The third-order valence-corrected chi connectivity index (χ3v) is 1.66. The maximum absolute atomic E-state index is 2.12. The minimum absolute atomic E-state index is 1.31. The first-order valence-corrected chi connectivity index (χ1v) is 6.09. The highest BCUT2D eigenvalue weighted by atomic mass is 15.0. The molecule has 2 aromatic carbocycles. The van der Waals surface area contributed by atoms with Gasteiger partial charge in [-0.3, -0.25) is 0 Å². The van der Waals surface area contributed by atoms with Crippen molar-refractivity contribution < 1.29 is 0 Å². The van der Waals surface area contributed by atoms with E-state index in [1.165, 1.54) is 10.8 Å². The van der Waals surface area contributed by atoms with E-state index in [1.807, 2.05) is 52.1 Å². The first-order valence-electron chi connectivity index (χ1n) is 6.09. The summed E-state index contributed by atoms with van der Waals surface area (Å²) in [5.41, 5.74) is 0. The molecule has 0 fully saturated rings. The fourth-order valence-corrected chi connectivity index (χ4v) is 1.13. The van der Waals surface area contributed by atoms with Crippen molar-refractivity contribution in [3.8, 4) is 0 Å². The Labute approximate surface area is 112 Å². The zero-order valence-corrected chi connectivity index (χ0v) is 12.5. The first kappa shape index (κ1) is 16.6. The molecule has 0 saturated heterocycles. The first-order chi connectivity index (χ1) is 8.43. The van der Waals surface area contributed by atoms with E-state index in [0.717, 1.165) is 0 Å². The van der Waals surface area contributed by atoms with E-state index < -0.39 is 0 Å². The van der Waals surface area contributed by atoms with Crippen LogP contribution in [0.4, 0.5) is 0 Å². The number of rotatable bonds is 0. The standard InChI is InChI=1S/C10H8.2C3H9N/c1-2-6-10-8-4-3-7-9(10)5-1;2*1-4(2)3/h1-8H;2*1-3H3. The highest BCUT2D eigenvalue weighted by Crippen LogP contribution is 2.11. The Bertz CT molecular complexity index is 345. The average Bonchev–Trinajstić information content (AvgIpc) is 2.28. The predicted octanol–water partition coefficient (Wildman–Crippen LogP) is 3.20. The summed E-state index contributed by atoms with van der Waals surface area (Å²) in [5, 5.41) is 2.62. The molecule has 0 unspecified atom stereocenters. The minimum atomic E-state index is 1.31. The van der Waals surface area contributed by atoms with E-state index in [2.05, 4.69) is 48.5 Å². The van der Waals surface area contributed by atoms with Gasteiger partial charge in [0.25, 0.3) is 0 Å². The highest BCUT2D eigenvalue weighted by molar-refractivity contribution is 5.81. The molecule has 0 aliphatic heterocycles. The van der Waals surface area contributed by atoms with Gasteiger partial charge in [0.15, 0.2) is 0 Å². The number of nitrogens with zero attached hydrogens (tertiary/aromatic N) is 2. The Hall–Kier alpha value is -1.38. The molecular weight excluding hydrogens is 220 g/mol. The van der Waals surface area contributed by atoms with E-state index >= 15 is 0 Å².